The van der Waals surface area contributed by atoms with Gasteiger partial charge in [-0.1, -0.05) is 57.4 Å². The van der Waals surface area contributed by atoms with E-state index >= 15 is 0 Å². The summed E-state index contributed by atoms with van der Waals surface area (Å²) in [6, 6.07) is 8.95. The van der Waals surface area contributed by atoms with Crippen molar-refractivity contribution in [3.63, 3.8) is 0 Å². The highest BCUT2D eigenvalue weighted by Gasteiger charge is 2.27. The highest BCUT2D eigenvalue weighted by Crippen LogP contribution is 2.19. The summed E-state index contributed by atoms with van der Waals surface area (Å²) in [6.45, 7) is 9.79. The second-order valence-electron chi connectivity index (χ2n) is 7.85. The second-order valence-corrected chi connectivity index (χ2v) is 10.7. The maximum absolute atomic E-state index is 12.0. The third-order valence-electron chi connectivity index (χ3n) is 4.46. The summed E-state index contributed by atoms with van der Waals surface area (Å²) in [5, 5.41) is 0. The van der Waals surface area contributed by atoms with E-state index in [1.807, 2.05) is 0 Å². The lowest BCUT2D eigenvalue weighted by atomic mass is 9.99. The van der Waals surface area contributed by atoms with Crippen LogP contribution in [0.15, 0.2) is 24.3 Å². The first-order valence-corrected chi connectivity index (χ1v) is 10.6. The molecule has 23 heavy (non-hydrogen) atoms. The van der Waals surface area contributed by atoms with E-state index in [0.29, 0.717) is 11.7 Å². The molecule has 1 aromatic carbocycles. The molecule has 0 fully saturated rings. The van der Waals surface area contributed by atoms with Crippen LogP contribution in [-0.2, 0) is 16.3 Å². The Hall–Kier alpha value is -0.830. The quantitative estimate of drug-likeness (QED) is 0.556. The van der Waals surface area contributed by atoms with Crippen LogP contribution in [-0.4, -0.2) is 18.9 Å². The van der Waals surface area contributed by atoms with Gasteiger partial charge in [0.25, 0.3) is 0 Å². The first-order chi connectivity index (χ1) is 10.6. The lowest BCUT2D eigenvalue weighted by molar-refractivity contribution is 0.552. The summed E-state index contributed by atoms with van der Waals surface area (Å²) < 4.78 is 23.4. The Kier molecular flexibility index (Phi) is 7.79. The Morgan fingerprint density at radius 1 is 0.870 bits per heavy atom. The van der Waals surface area contributed by atoms with E-state index in [1.54, 1.807) is 20.8 Å². The molecule has 0 saturated heterocycles. The number of hydrogen-bond donors (Lipinski definition) is 0. The Balaban J connectivity index is 2.17. The van der Waals surface area contributed by atoms with E-state index < -0.39 is 14.6 Å². The van der Waals surface area contributed by atoms with Crippen LogP contribution in [0.4, 0.5) is 0 Å². The molecule has 3 heteroatoms. The zero-order valence-electron chi connectivity index (χ0n) is 15.6. The molecule has 0 aromatic heterocycles. The van der Waals surface area contributed by atoms with Crippen molar-refractivity contribution in [2.24, 2.45) is 0 Å². The molecule has 0 radical (unpaired) electrons. The van der Waals surface area contributed by atoms with Gasteiger partial charge in [0.1, 0.15) is 0 Å². The van der Waals surface area contributed by atoms with Gasteiger partial charge in [0.2, 0.25) is 0 Å². The minimum absolute atomic E-state index is 0.327. The van der Waals surface area contributed by atoms with Gasteiger partial charge in [0.15, 0.2) is 9.84 Å². The molecule has 0 atom stereocenters. The van der Waals surface area contributed by atoms with Gasteiger partial charge >= 0.3 is 0 Å². The lowest BCUT2D eigenvalue weighted by Crippen LogP contribution is -2.30. The van der Waals surface area contributed by atoms with Crippen LogP contribution in [0, 0.1) is 0 Å². The van der Waals surface area contributed by atoms with Crippen LogP contribution in [0.25, 0.3) is 0 Å². The Morgan fingerprint density at radius 2 is 1.39 bits per heavy atom. The summed E-state index contributed by atoms with van der Waals surface area (Å²) in [6.07, 6.45) is 6.43. The largest absolute Gasteiger partial charge is 0.228 e. The number of unbranched alkanes of at least 4 members (excludes halogenated alkanes) is 4. The minimum Gasteiger partial charge on any atom is -0.228 e. The molecule has 0 aliphatic heterocycles. The first-order valence-electron chi connectivity index (χ1n) is 8.94. The molecule has 0 saturated carbocycles. The van der Waals surface area contributed by atoms with Gasteiger partial charge in [-0.2, -0.15) is 0 Å². The number of sulfone groups is 1. The second kappa shape index (κ2) is 8.86. The molecule has 0 aliphatic rings. The Labute approximate surface area is 143 Å². The van der Waals surface area contributed by atoms with Crippen molar-refractivity contribution in [2.75, 3.05) is 5.75 Å². The molecule has 0 amide bonds. The van der Waals surface area contributed by atoms with E-state index in [0.717, 1.165) is 25.7 Å². The molecule has 0 spiro atoms. The average molecular weight is 339 g/mol. The smallest absolute Gasteiger partial charge is 0.155 e. The monoisotopic (exact) mass is 338 g/mol. The standard InChI is InChI=1S/C20H34O2S/c1-17(2)19-14-12-18(13-15-19)11-9-7-6-8-10-16-23(21,22)20(3,4)5/h12-15,17H,6-11,16H2,1-5H3. The summed E-state index contributed by atoms with van der Waals surface area (Å²) >= 11 is 0. The van der Waals surface area contributed by atoms with Crippen LogP contribution in [0.3, 0.4) is 0 Å². The molecule has 2 nitrogen and oxygen atoms in total. The number of aryl methyl sites for hydroxylation is 1. The zero-order chi connectivity index (χ0) is 17.5. The van der Waals surface area contributed by atoms with Crippen molar-refractivity contribution in [2.45, 2.75) is 83.8 Å². The molecular weight excluding hydrogens is 304 g/mol. The van der Waals surface area contributed by atoms with Gasteiger partial charge in [-0.25, -0.2) is 8.42 Å². The van der Waals surface area contributed by atoms with Gasteiger partial charge in [-0.05, 0) is 57.1 Å². The van der Waals surface area contributed by atoms with Crippen molar-refractivity contribution in [3.8, 4) is 0 Å². The summed E-state index contributed by atoms with van der Waals surface area (Å²) in [7, 11) is -2.94. The van der Waals surface area contributed by atoms with E-state index in [1.165, 1.54) is 24.0 Å². The summed E-state index contributed by atoms with van der Waals surface area (Å²) in [5.74, 6) is 0.918. The van der Waals surface area contributed by atoms with Crippen LogP contribution in [0.2, 0.25) is 0 Å². The Morgan fingerprint density at radius 3 is 1.91 bits per heavy atom. The summed E-state index contributed by atoms with van der Waals surface area (Å²) in [5.41, 5.74) is 2.80. The molecular formula is C20H34O2S. The fraction of sp³-hybridized carbons (Fsp3) is 0.700. The van der Waals surface area contributed by atoms with Crippen LogP contribution in [0.5, 0.6) is 0 Å². The van der Waals surface area contributed by atoms with Gasteiger partial charge < -0.3 is 0 Å². The molecule has 0 heterocycles. The van der Waals surface area contributed by atoms with Crippen LogP contribution < -0.4 is 0 Å². The van der Waals surface area contributed by atoms with Crippen molar-refractivity contribution in [1.29, 1.82) is 0 Å². The van der Waals surface area contributed by atoms with Crippen LogP contribution >= 0.6 is 0 Å². The molecule has 0 bridgehead atoms. The van der Waals surface area contributed by atoms with E-state index in [2.05, 4.69) is 38.1 Å². The predicted molar refractivity (Wildman–Crippen MR) is 101 cm³/mol. The van der Waals surface area contributed by atoms with Crippen molar-refractivity contribution in [1.82, 2.24) is 0 Å². The fourth-order valence-corrected chi connectivity index (χ4v) is 3.72. The third-order valence-corrected chi connectivity index (χ3v) is 7.15. The highest BCUT2D eigenvalue weighted by atomic mass is 32.2. The van der Waals surface area contributed by atoms with Crippen molar-refractivity contribution < 1.29 is 8.42 Å². The zero-order valence-corrected chi connectivity index (χ0v) is 16.4. The maximum Gasteiger partial charge on any atom is 0.155 e. The van der Waals surface area contributed by atoms with Crippen molar-refractivity contribution in [3.05, 3.63) is 35.4 Å². The van der Waals surface area contributed by atoms with Gasteiger partial charge in [-0.3, -0.25) is 0 Å². The third kappa shape index (κ3) is 7.07. The highest BCUT2D eigenvalue weighted by molar-refractivity contribution is 7.92. The molecule has 0 N–H and O–H groups in total. The van der Waals surface area contributed by atoms with Gasteiger partial charge in [-0.15, -0.1) is 0 Å². The minimum atomic E-state index is -2.94. The molecule has 1 rings (SSSR count). The maximum atomic E-state index is 12.0. The summed E-state index contributed by atoms with van der Waals surface area (Å²) in [4.78, 5) is 0. The lowest BCUT2D eigenvalue weighted by Gasteiger charge is -2.18. The predicted octanol–water partition coefficient (Wildman–Crippen LogP) is 5.52. The van der Waals surface area contributed by atoms with E-state index in [9.17, 15) is 8.42 Å². The first kappa shape index (κ1) is 20.2. The fourth-order valence-electron chi connectivity index (χ4n) is 2.53. The number of hydrogen-bond acceptors (Lipinski definition) is 2. The SMILES string of the molecule is CC(C)c1ccc(CCCCCCCS(=O)(=O)C(C)(C)C)cc1. The van der Waals surface area contributed by atoms with Crippen LogP contribution in [0.1, 0.15) is 83.8 Å². The molecule has 1 aromatic rings. The van der Waals surface area contributed by atoms with E-state index in [4.69, 9.17) is 0 Å². The number of benzene rings is 1. The molecule has 0 aliphatic carbocycles. The van der Waals surface area contributed by atoms with E-state index in [-0.39, 0.29) is 0 Å². The van der Waals surface area contributed by atoms with Crippen molar-refractivity contribution >= 4 is 9.84 Å². The normalized spacial score (nSPS) is 12.8. The van der Waals surface area contributed by atoms with Gasteiger partial charge in [0.05, 0.1) is 10.5 Å². The topological polar surface area (TPSA) is 34.1 Å². The number of rotatable bonds is 9. The molecule has 132 valence electrons. The molecule has 0 unspecified atom stereocenters. The van der Waals surface area contributed by atoms with Gasteiger partial charge in [0, 0.05) is 0 Å². The average Bonchev–Trinajstić information content (AvgIpc) is 2.45. The Bertz CT molecular complexity index is 548.